The Hall–Kier alpha value is -0.900. The summed E-state index contributed by atoms with van der Waals surface area (Å²) in [7, 11) is 1.55. The minimum atomic E-state index is -0.308. The van der Waals surface area contributed by atoms with Crippen LogP contribution in [-0.4, -0.2) is 31.1 Å². The van der Waals surface area contributed by atoms with Crippen LogP contribution < -0.4 is 0 Å². The van der Waals surface area contributed by atoms with E-state index in [1.54, 1.807) is 14.0 Å². The summed E-state index contributed by atoms with van der Waals surface area (Å²) >= 11 is 0. The number of rotatable bonds is 7. The van der Waals surface area contributed by atoms with Gasteiger partial charge in [0.2, 0.25) is 0 Å². The van der Waals surface area contributed by atoms with Crippen LogP contribution in [0.1, 0.15) is 69.7 Å². The molecule has 0 aromatic carbocycles. The van der Waals surface area contributed by atoms with Crippen LogP contribution in [0.2, 0.25) is 0 Å². The third-order valence-corrected chi connectivity index (χ3v) is 2.13. The molecule has 4 heteroatoms. The molecule has 2 atom stereocenters. The predicted molar refractivity (Wildman–Crippen MR) is 83.5 cm³/mol. The number of carbonyl (C=O) groups excluding carboxylic acids is 2. The summed E-state index contributed by atoms with van der Waals surface area (Å²) in [6, 6.07) is 0. The van der Waals surface area contributed by atoms with Gasteiger partial charge in [-0.05, 0) is 20.3 Å². The highest BCUT2D eigenvalue weighted by Crippen LogP contribution is 2.07. The summed E-state index contributed by atoms with van der Waals surface area (Å²) in [6.07, 6.45) is 0.743. The molecule has 0 spiro atoms. The van der Waals surface area contributed by atoms with Crippen molar-refractivity contribution in [3.63, 3.8) is 0 Å². The Morgan fingerprint density at radius 2 is 1.53 bits per heavy atom. The lowest BCUT2D eigenvalue weighted by molar-refractivity contribution is -0.152. The zero-order valence-corrected chi connectivity index (χ0v) is 9.91. The molecule has 0 saturated heterocycles. The Bertz CT molecular complexity index is 214. The molecule has 0 rings (SSSR count). The van der Waals surface area contributed by atoms with Gasteiger partial charge >= 0.3 is 5.97 Å². The molecule has 0 aromatic heterocycles. The number of hydrogen-bond acceptors (Lipinski definition) is 4. The van der Waals surface area contributed by atoms with E-state index in [2.05, 4.69) is 0 Å². The Balaban J connectivity index is -0.000000163. The second-order valence-electron chi connectivity index (χ2n) is 3.68. The van der Waals surface area contributed by atoms with E-state index in [1.807, 2.05) is 6.92 Å². The van der Waals surface area contributed by atoms with Crippen molar-refractivity contribution in [3.05, 3.63) is 0 Å². The van der Waals surface area contributed by atoms with Crippen molar-refractivity contribution in [2.75, 3.05) is 7.11 Å². The fourth-order valence-electron chi connectivity index (χ4n) is 1.14. The summed E-state index contributed by atoms with van der Waals surface area (Å²) in [5.74, 6) is -0.271. The quantitative estimate of drug-likeness (QED) is 0.654. The largest absolute Gasteiger partial charge is 0.462 e. The summed E-state index contributed by atoms with van der Waals surface area (Å²) in [4.78, 5) is 22.2. The molecule has 0 aliphatic carbocycles. The van der Waals surface area contributed by atoms with E-state index in [0.717, 1.165) is 0 Å². The first-order valence-electron chi connectivity index (χ1n) is 5.21. The minimum absolute atomic E-state index is 0. The highest BCUT2D eigenvalue weighted by molar-refractivity contribution is 5.76. The lowest BCUT2D eigenvalue weighted by Gasteiger charge is -2.16. The molecule has 0 fully saturated rings. The van der Waals surface area contributed by atoms with Gasteiger partial charge in [-0.3, -0.25) is 9.59 Å². The van der Waals surface area contributed by atoms with Crippen LogP contribution in [0, 0.1) is 0 Å². The molecule has 0 amide bonds. The summed E-state index contributed by atoms with van der Waals surface area (Å²) in [5.41, 5.74) is 0. The first-order valence-corrected chi connectivity index (χ1v) is 5.21. The van der Waals surface area contributed by atoms with E-state index in [1.165, 1.54) is 6.92 Å². The van der Waals surface area contributed by atoms with Crippen molar-refractivity contribution in [2.45, 2.75) is 81.9 Å². The van der Waals surface area contributed by atoms with Crippen molar-refractivity contribution in [1.82, 2.24) is 0 Å². The highest BCUT2D eigenvalue weighted by atomic mass is 16.5. The Morgan fingerprint density at radius 3 is 1.84 bits per heavy atom. The number of hydrogen-bond donors (Lipinski definition) is 0. The maximum atomic E-state index is 11.3. The molecular weight excluding hydrogens is 244 g/mol. The van der Waals surface area contributed by atoms with Crippen LogP contribution in [0.5, 0.6) is 0 Å². The molecular formula is C15H36O4. The highest BCUT2D eigenvalue weighted by Gasteiger charge is 2.16. The number of carbonyl (C=O) groups is 2. The Kier molecular flexibility index (Phi) is 27.8. The van der Waals surface area contributed by atoms with Gasteiger partial charge in [0, 0.05) is 13.5 Å². The number of methoxy groups -OCH3 is 1. The van der Waals surface area contributed by atoms with Crippen molar-refractivity contribution in [1.29, 1.82) is 0 Å². The van der Waals surface area contributed by atoms with Crippen LogP contribution >= 0.6 is 0 Å². The van der Waals surface area contributed by atoms with Crippen molar-refractivity contribution < 1.29 is 19.1 Å². The molecule has 0 aliphatic rings. The van der Waals surface area contributed by atoms with Gasteiger partial charge in [-0.25, -0.2) is 0 Å². The van der Waals surface area contributed by atoms with Crippen LogP contribution in [-0.2, 0) is 19.1 Å². The average molecular weight is 280 g/mol. The van der Waals surface area contributed by atoms with Gasteiger partial charge in [-0.1, -0.05) is 36.6 Å². The van der Waals surface area contributed by atoms with Gasteiger partial charge in [-0.15, -0.1) is 0 Å². The molecule has 120 valence electrons. The molecule has 0 heterocycles. The lowest BCUT2D eigenvalue weighted by Crippen LogP contribution is -2.23. The van der Waals surface area contributed by atoms with E-state index in [9.17, 15) is 9.59 Å². The topological polar surface area (TPSA) is 52.6 Å². The van der Waals surface area contributed by atoms with Gasteiger partial charge < -0.3 is 9.47 Å². The maximum absolute atomic E-state index is 11.3. The smallest absolute Gasteiger partial charge is 0.308 e. The van der Waals surface area contributed by atoms with E-state index in [0.29, 0.717) is 12.8 Å². The van der Waals surface area contributed by atoms with E-state index in [-0.39, 0.29) is 60.1 Å². The molecule has 19 heavy (non-hydrogen) atoms. The molecule has 0 N–H and O–H groups in total. The summed E-state index contributed by atoms with van der Waals surface area (Å²) in [6.45, 7) is 5.18. The fraction of sp³-hybridized carbons (Fsp3) is 0.867. The van der Waals surface area contributed by atoms with Crippen LogP contribution in [0.25, 0.3) is 0 Å². The first kappa shape index (κ1) is 30.8. The third-order valence-electron chi connectivity index (χ3n) is 2.13. The zero-order valence-electron chi connectivity index (χ0n) is 9.91. The second kappa shape index (κ2) is 17.1. The predicted octanol–water partition coefficient (Wildman–Crippen LogP) is 4.26. The molecule has 0 bridgehead atoms. The minimum Gasteiger partial charge on any atom is -0.462 e. The Labute approximate surface area is 120 Å². The normalized spacial score (nSPS) is 11.4. The van der Waals surface area contributed by atoms with Gasteiger partial charge in [0.15, 0.2) is 0 Å². The molecule has 0 radical (unpaired) electrons. The fourth-order valence-corrected chi connectivity index (χ4v) is 1.14. The molecule has 2 unspecified atom stereocenters. The van der Waals surface area contributed by atoms with Gasteiger partial charge in [0.1, 0.15) is 11.9 Å². The number of Topliss-reactive ketones (excluding diaryl/α,β-unsaturated/α-hetero) is 1. The summed E-state index contributed by atoms with van der Waals surface area (Å²) < 4.78 is 10.1. The van der Waals surface area contributed by atoms with Gasteiger partial charge in [-0.2, -0.15) is 0 Å². The maximum Gasteiger partial charge on any atom is 0.308 e. The van der Waals surface area contributed by atoms with Crippen molar-refractivity contribution >= 4 is 11.8 Å². The summed E-state index contributed by atoms with van der Waals surface area (Å²) in [5, 5.41) is 0. The van der Waals surface area contributed by atoms with Crippen LogP contribution in [0.3, 0.4) is 0 Å². The standard InChI is InChI=1S/C11H20O4.4CH4/c1-5-10(6-8(2)12)15-11(13)7-9(3)14-4;;;;/h9-10H,5-7H2,1-4H3;4*1H4. The van der Waals surface area contributed by atoms with E-state index in [4.69, 9.17) is 9.47 Å². The third kappa shape index (κ3) is 17.1. The van der Waals surface area contributed by atoms with Gasteiger partial charge in [0.25, 0.3) is 0 Å². The monoisotopic (exact) mass is 280 g/mol. The first-order chi connectivity index (χ1) is 6.99. The SMILES string of the molecule is C.C.C.C.CCC(CC(C)=O)OC(=O)CC(C)OC. The van der Waals surface area contributed by atoms with Crippen molar-refractivity contribution in [2.24, 2.45) is 0 Å². The molecule has 0 saturated carbocycles. The Morgan fingerprint density at radius 1 is 1.05 bits per heavy atom. The van der Waals surface area contributed by atoms with Crippen LogP contribution in [0.15, 0.2) is 0 Å². The second-order valence-corrected chi connectivity index (χ2v) is 3.68. The van der Waals surface area contributed by atoms with Gasteiger partial charge in [0.05, 0.1) is 12.5 Å². The van der Waals surface area contributed by atoms with Crippen molar-refractivity contribution in [3.8, 4) is 0 Å². The van der Waals surface area contributed by atoms with E-state index < -0.39 is 0 Å². The lowest BCUT2D eigenvalue weighted by atomic mass is 10.1. The molecule has 0 aliphatic heterocycles. The van der Waals surface area contributed by atoms with E-state index >= 15 is 0 Å². The molecule has 4 nitrogen and oxygen atoms in total. The van der Waals surface area contributed by atoms with Crippen LogP contribution in [0.4, 0.5) is 0 Å². The number of ketones is 1. The zero-order chi connectivity index (χ0) is 11.8. The average Bonchev–Trinajstić information content (AvgIpc) is 2.15. The number of ether oxygens (including phenoxy) is 2. The molecule has 0 aromatic rings. The number of esters is 1.